The fraction of sp³-hybridized carbons (Fsp3) is 0.424. The van der Waals surface area contributed by atoms with Crippen molar-refractivity contribution in [3.05, 3.63) is 75.6 Å². The lowest BCUT2D eigenvalue weighted by Gasteiger charge is -2.50. The molecule has 1 saturated carbocycles. The number of aromatic hydroxyl groups is 1. The highest BCUT2D eigenvalue weighted by molar-refractivity contribution is 6.24. The van der Waals surface area contributed by atoms with Crippen LogP contribution in [0.4, 0.5) is 0 Å². The molecule has 1 fully saturated rings. The Morgan fingerprint density at radius 3 is 2.41 bits per heavy atom. The van der Waals surface area contributed by atoms with E-state index in [4.69, 9.17) is 10.5 Å². The molecule has 0 aliphatic heterocycles. The maximum Gasteiger partial charge on any atom is 0.255 e. The number of aliphatic hydroxyl groups excluding tert-OH is 2. The molecule has 7 N–H and O–H groups in total. The number of hydrogen-bond acceptors (Lipinski definition) is 10. The van der Waals surface area contributed by atoms with Crippen LogP contribution in [0.5, 0.6) is 11.5 Å². The minimum absolute atomic E-state index is 0.00339. The molecule has 44 heavy (non-hydrogen) atoms. The van der Waals surface area contributed by atoms with Crippen molar-refractivity contribution >= 4 is 23.2 Å². The second-order valence-corrected chi connectivity index (χ2v) is 12.8. The predicted octanol–water partition coefficient (Wildman–Crippen LogP) is 2.04. The highest BCUT2D eigenvalue weighted by atomic mass is 16.5. The van der Waals surface area contributed by atoms with E-state index < -0.39 is 58.0 Å². The van der Waals surface area contributed by atoms with Gasteiger partial charge in [-0.3, -0.25) is 19.3 Å². The number of carbonyl (C=O) groups excluding carboxylic acids is 3. The summed E-state index contributed by atoms with van der Waals surface area (Å²) in [4.78, 5) is 40.9. The number of nitrogens with zero attached hydrogens (tertiary/aromatic N) is 1. The Balaban J connectivity index is 1.55. The standard InChI is InChI=1S/C33H39N3O8/c1-32(2,18-9-7-6-8-10-18)15-35-14-17-13-21(37)23-19(28(17)44-5)11-16-12-20-25(36(3)4)27(39)24(31(34)42)30(41)33(20,43)29(40)22(16)26(23)38/h6-10,13,16,20,25,35,37-38,41,43H,11-12,14-15H2,1-5H3,(H2,34,42)/t16-,20-,25-,33-/m0/s1. The van der Waals surface area contributed by atoms with Crippen molar-refractivity contribution in [1.29, 1.82) is 0 Å². The summed E-state index contributed by atoms with van der Waals surface area (Å²) < 4.78 is 5.80. The van der Waals surface area contributed by atoms with Crippen LogP contribution >= 0.6 is 0 Å². The highest BCUT2D eigenvalue weighted by Gasteiger charge is 2.64. The van der Waals surface area contributed by atoms with Gasteiger partial charge in [0.25, 0.3) is 5.91 Å². The Hall–Kier alpha value is -4.19. The van der Waals surface area contributed by atoms with Crippen molar-refractivity contribution in [1.82, 2.24) is 10.2 Å². The summed E-state index contributed by atoms with van der Waals surface area (Å²) in [6.45, 7) is 5.21. The number of phenols is 1. The molecular weight excluding hydrogens is 566 g/mol. The van der Waals surface area contributed by atoms with E-state index in [0.717, 1.165) is 0 Å². The van der Waals surface area contributed by atoms with Crippen LogP contribution in [0.25, 0.3) is 5.76 Å². The molecule has 0 radical (unpaired) electrons. The number of amides is 1. The van der Waals surface area contributed by atoms with Crippen molar-refractivity contribution in [2.45, 2.75) is 50.3 Å². The molecule has 3 aliphatic rings. The molecule has 1 amide bonds. The summed E-state index contributed by atoms with van der Waals surface area (Å²) in [6.07, 6.45) is 0.151. The second kappa shape index (κ2) is 11.1. The van der Waals surface area contributed by atoms with E-state index in [1.807, 2.05) is 18.2 Å². The van der Waals surface area contributed by atoms with Crippen LogP contribution in [0, 0.1) is 11.8 Å². The van der Waals surface area contributed by atoms with E-state index in [1.165, 1.54) is 23.6 Å². The lowest BCUT2D eigenvalue weighted by molar-refractivity contribution is -0.153. The van der Waals surface area contributed by atoms with Gasteiger partial charge in [0.15, 0.2) is 11.4 Å². The van der Waals surface area contributed by atoms with Crippen molar-refractivity contribution in [2.75, 3.05) is 27.7 Å². The molecule has 4 atom stereocenters. The van der Waals surface area contributed by atoms with Gasteiger partial charge in [-0.05, 0) is 44.5 Å². The first-order valence-corrected chi connectivity index (χ1v) is 14.5. The fourth-order valence-corrected chi connectivity index (χ4v) is 7.24. The molecule has 0 spiro atoms. The molecule has 0 bridgehead atoms. The molecule has 2 aromatic rings. The number of aliphatic hydroxyl groups is 3. The first-order valence-electron chi connectivity index (χ1n) is 14.5. The zero-order chi connectivity index (χ0) is 32.3. The number of benzene rings is 2. The van der Waals surface area contributed by atoms with Gasteiger partial charge in [0.05, 0.1) is 18.7 Å². The van der Waals surface area contributed by atoms with E-state index in [9.17, 15) is 34.8 Å². The Morgan fingerprint density at radius 1 is 1.16 bits per heavy atom. The van der Waals surface area contributed by atoms with Gasteiger partial charge in [-0.2, -0.15) is 0 Å². The number of ketones is 2. The van der Waals surface area contributed by atoms with Crippen LogP contribution in [0.1, 0.15) is 42.5 Å². The lowest BCUT2D eigenvalue weighted by Crippen LogP contribution is -2.65. The molecule has 5 rings (SSSR count). The number of primary amides is 1. The molecule has 2 aromatic carbocycles. The fourth-order valence-electron chi connectivity index (χ4n) is 7.24. The third kappa shape index (κ3) is 4.66. The van der Waals surface area contributed by atoms with Crippen molar-refractivity contribution in [2.24, 2.45) is 17.6 Å². The van der Waals surface area contributed by atoms with Gasteiger partial charge in [0, 0.05) is 41.1 Å². The number of likely N-dealkylation sites (N-methyl/N-ethyl adjacent to an activating group) is 1. The summed E-state index contributed by atoms with van der Waals surface area (Å²) in [7, 11) is 4.61. The monoisotopic (exact) mass is 605 g/mol. The molecule has 0 heterocycles. The van der Waals surface area contributed by atoms with Gasteiger partial charge in [-0.25, -0.2) is 0 Å². The molecule has 11 nitrogen and oxygen atoms in total. The minimum atomic E-state index is -2.68. The van der Waals surface area contributed by atoms with Gasteiger partial charge in [0.1, 0.15) is 28.6 Å². The third-order valence-corrected chi connectivity index (χ3v) is 9.39. The van der Waals surface area contributed by atoms with Crippen LogP contribution in [-0.2, 0) is 32.8 Å². The topological polar surface area (TPSA) is 183 Å². The summed E-state index contributed by atoms with van der Waals surface area (Å²) in [5.41, 5.74) is 3.75. The SMILES string of the molecule is COc1c(CNCC(C)(C)c2ccccc2)cc(O)c2c1C[C@H]1C[C@H]3[C@H](N(C)C)C(=O)C(C(N)=O)=C(O)[C@@]3(O)C(=O)C1=C2O. The first kappa shape index (κ1) is 31.2. The van der Waals surface area contributed by atoms with Crippen LogP contribution in [0.3, 0.4) is 0 Å². The van der Waals surface area contributed by atoms with Crippen LogP contribution < -0.4 is 15.8 Å². The van der Waals surface area contributed by atoms with Crippen LogP contribution in [-0.4, -0.2) is 82.2 Å². The number of rotatable bonds is 8. The van der Waals surface area contributed by atoms with E-state index in [-0.39, 0.29) is 35.1 Å². The molecule has 0 aromatic heterocycles. The number of methoxy groups -OCH3 is 1. The zero-order valence-corrected chi connectivity index (χ0v) is 25.5. The van der Waals surface area contributed by atoms with Crippen LogP contribution in [0.2, 0.25) is 0 Å². The van der Waals surface area contributed by atoms with E-state index in [2.05, 4.69) is 31.3 Å². The Morgan fingerprint density at radius 2 is 1.82 bits per heavy atom. The molecule has 234 valence electrons. The average Bonchev–Trinajstić information content (AvgIpc) is 2.95. The predicted molar refractivity (Wildman–Crippen MR) is 162 cm³/mol. The number of phenolic OH excluding ortho intramolecular Hbond substituents is 1. The number of fused-ring (bicyclic) bond motifs is 3. The van der Waals surface area contributed by atoms with E-state index in [0.29, 0.717) is 30.0 Å². The quantitative estimate of drug-likeness (QED) is 0.244. The Bertz CT molecular complexity index is 1610. The minimum Gasteiger partial charge on any atom is -0.508 e. The average molecular weight is 606 g/mol. The smallest absolute Gasteiger partial charge is 0.255 e. The molecule has 11 heteroatoms. The first-order chi connectivity index (χ1) is 20.7. The van der Waals surface area contributed by atoms with Crippen molar-refractivity contribution < 1.29 is 39.5 Å². The summed E-state index contributed by atoms with van der Waals surface area (Å²) in [5, 5.41) is 48.8. The molecule has 0 saturated heterocycles. The van der Waals surface area contributed by atoms with Gasteiger partial charge in [-0.1, -0.05) is 44.2 Å². The highest BCUT2D eigenvalue weighted by Crippen LogP contribution is 2.54. The van der Waals surface area contributed by atoms with Gasteiger partial charge in [0.2, 0.25) is 5.78 Å². The molecule has 3 aliphatic carbocycles. The van der Waals surface area contributed by atoms with Crippen LogP contribution in [0.15, 0.2) is 53.3 Å². The third-order valence-electron chi connectivity index (χ3n) is 9.39. The maximum atomic E-state index is 14.0. The van der Waals surface area contributed by atoms with E-state index in [1.54, 1.807) is 14.1 Å². The number of ether oxygens (including phenoxy) is 1. The molecular formula is C33H39N3O8. The maximum absolute atomic E-state index is 14.0. The zero-order valence-electron chi connectivity index (χ0n) is 25.5. The number of nitrogens with one attached hydrogen (secondary N) is 1. The van der Waals surface area contributed by atoms with Crippen molar-refractivity contribution in [3.8, 4) is 11.5 Å². The lowest BCUT2D eigenvalue weighted by atomic mass is 9.57. The largest absolute Gasteiger partial charge is 0.508 e. The normalized spacial score (nSPS) is 25.1. The van der Waals surface area contributed by atoms with Gasteiger partial charge >= 0.3 is 0 Å². The summed E-state index contributed by atoms with van der Waals surface area (Å²) >= 11 is 0. The molecule has 0 unspecified atom stereocenters. The van der Waals surface area contributed by atoms with Gasteiger partial charge in [-0.15, -0.1) is 0 Å². The van der Waals surface area contributed by atoms with E-state index >= 15 is 0 Å². The number of carbonyl (C=O) groups is 3. The Labute approximate surface area is 255 Å². The van der Waals surface area contributed by atoms with Crippen molar-refractivity contribution in [3.63, 3.8) is 0 Å². The summed E-state index contributed by atoms with van der Waals surface area (Å²) in [5.74, 6) is -6.47. The number of Topliss-reactive ketones (excluding diaryl/α,β-unsaturated/α-hetero) is 2. The number of hydrogen-bond donors (Lipinski definition) is 6. The Kier molecular flexibility index (Phi) is 7.86. The van der Waals surface area contributed by atoms with Gasteiger partial charge < -0.3 is 36.2 Å². The second-order valence-electron chi connectivity index (χ2n) is 12.8. The summed E-state index contributed by atoms with van der Waals surface area (Å²) in [6, 6.07) is 10.4. The number of nitrogens with two attached hydrogens (primary N) is 1.